The molecular formula is C58H42B2N2. The lowest BCUT2D eigenvalue weighted by atomic mass is 9.31. The first-order chi connectivity index (χ1) is 30.5. The normalized spacial score (nSPS) is 14.0. The maximum absolute atomic E-state index is 2.63. The average molecular weight is 789 g/mol. The standard InChI is InChI=1S/C58H42B2N2/c1-33(2)39-31-47-53-42(38-22-16-27-51-57(38)59(47)45-23-11-13-25-49(45)61(51)35-17-7-5-8-18-35)30-44-40(34(3)4)32-48-54-41(29-43(39)55(53)56(44)54)37-21-15-28-52-58(37)60(48)46-24-12-14-26-50(46)62(52)36-19-9-6-10-20-36/h5-34H,1-4H3. The summed E-state index contributed by atoms with van der Waals surface area (Å²) in [5.41, 5.74) is 24.3. The third-order valence-corrected chi connectivity index (χ3v) is 14.9. The summed E-state index contributed by atoms with van der Waals surface area (Å²) in [6.07, 6.45) is 0. The van der Waals surface area contributed by atoms with Crippen LogP contribution in [-0.4, -0.2) is 13.4 Å². The van der Waals surface area contributed by atoms with Gasteiger partial charge in [-0.3, -0.25) is 0 Å². The van der Waals surface area contributed by atoms with Gasteiger partial charge in [-0.25, -0.2) is 0 Å². The molecule has 4 heterocycles. The summed E-state index contributed by atoms with van der Waals surface area (Å²) >= 11 is 0. The Bertz CT molecular complexity index is 3320. The Balaban J connectivity index is 1.16. The summed E-state index contributed by atoms with van der Waals surface area (Å²) in [6, 6.07) is 64.9. The van der Waals surface area contributed by atoms with Crippen molar-refractivity contribution in [3.8, 4) is 22.3 Å². The molecule has 4 aliphatic heterocycles. The molecule has 4 heteroatoms. The Morgan fingerprint density at radius 1 is 0.339 bits per heavy atom. The molecule has 0 aromatic heterocycles. The van der Waals surface area contributed by atoms with Gasteiger partial charge in [0.05, 0.1) is 0 Å². The van der Waals surface area contributed by atoms with Gasteiger partial charge in [-0.2, -0.15) is 0 Å². The lowest BCUT2D eigenvalue weighted by Gasteiger charge is -2.42. The maximum atomic E-state index is 2.63. The lowest BCUT2D eigenvalue weighted by Crippen LogP contribution is -2.60. The van der Waals surface area contributed by atoms with Gasteiger partial charge in [0.15, 0.2) is 0 Å². The Hall–Kier alpha value is -7.03. The minimum absolute atomic E-state index is 0.112. The molecule has 62 heavy (non-hydrogen) atoms. The maximum Gasteiger partial charge on any atom is 0.248 e. The quantitative estimate of drug-likeness (QED) is 0.129. The van der Waals surface area contributed by atoms with E-state index in [-0.39, 0.29) is 13.4 Å². The van der Waals surface area contributed by atoms with Crippen LogP contribution in [0.15, 0.2) is 170 Å². The zero-order valence-corrected chi connectivity index (χ0v) is 35.4. The van der Waals surface area contributed by atoms with Gasteiger partial charge < -0.3 is 9.80 Å². The fourth-order valence-electron chi connectivity index (χ4n) is 12.5. The fourth-order valence-corrected chi connectivity index (χ4v) is 12.5. The topological polar surface area (TPSA) is 6.48 Å². The fraction of sp³-hybridized carbons (Fsp3) is 0.103. The van der Waals surface area contributed by atoms with E-state index in [9.17, 15) is 0 Å². The van der Waals surface area contributed by atoms with E-state index in [1.165, 1.54) is 133 Å². The Morgan fingerprint density at radius 2 is 0.726 bits per heavy atom. The molecule has 0 amide bonds. The van der Waals surface area contributed by atoms with Crippen molar-refractivity contribution >= 4 is 113 Å². The van der Waals surface area contributed by atoms with E-state index < -0.39 is 0 Å². The van der Waals surface area contributed by atoms with Crippen molar-refractivity contribution in [1.29, 1.82) is 0 Å². The molecule has 290 valence electrons. The smallest absolute Gasteiger partial charge is 0.248 e. The molecule has 0 radical (unpaired) electrons. The van der Waals surface area contributed by atoms with Gasteiger partial charge in [0.2, 0.25) is 13.4 Å². The third kappa shape index (κ3) is 4.27. The van der Waals surface area contributed by atoms with Crippen LogP contribution >= 0.6 is 0 Å². The van der Waals surface area contributed by atoms with Crippen molar-refractivity contribution in [2.75, 3.05) is 9.80 Å². The van der Waals surface area contributed by atoms with E-state index in [0.717, 1.165) is 0 Å². The molecule has 0 saturated carbocycles. The van der Waals surface area contributed by atoms with Crippen LogP contribution in [0.2, 0.25) is 0 Å². The number of para-hydroxylation sites is 4. The van der Waals surface area contributed by atoms with Gasteiger partial charge in [-0.1, -0.05) is 148 Å². The molecule has 0 fully saturated rings. The van der Waals surface area contributed by atoms with Gasteiger partial charge in [-0.05, 0) is 160 Å². The summed E-state index contributed by atoms with van der Waals surface area (Å²) in [4.78, 5) is 5.01. The monoisotopic (exact) mass is 788 g/mol. The molecule has 0 N–H and O–H groups in total. The van der Waals surface area contributed by atoms with Crippen LogP contribution in [0.1, 0.15) is 50.7 Å². The molecular weight excluding hydrogens is 746 g/mol. The number of nitrogens with zero attached hydrogens (tertiary/aromatic N) is 2. The molecule has 14 rings (SSSR count). The second-order valence-electron chi connectivity index (χ2n) is 18.7. The molecule has 10 aromatic carbocycles. The number of benzene rings is 10. The van der Waals surface area contributed by atoms with Crippen molar-refractivity contribution < 1.29 is 0 Å². The minimum atomic E-state index is 0.112. The number of rotatable bonds is 4. The first-order valence-electron chi connectivity index (χ1n) is 22.5. The summed E-state index contributed by atoms with van der Waals surface area (Å²) in [5.74, 6) is 0.654. The van der Waals surface area contributed by atoms with Gasteiger partial charge >= 0.3 is 0 Å². The Kier molecular flexibility index (Phi) is 6.87. The van der Waals surface area contributed by atoms with E-state index >= 15 is 0 Å². The first kappa shape index (κ1) is 34.7. The van der Waals surface area contributed by atoms with E-state index in [1.54, 1.807) is 0 Å². The third-order valence-electron chi connectivity index (χ3n) is 14.9. The van der Waals surface area contributed by atoms with Crippen molar-refractivity contribution in [1.82, 2.24) is 0 Å². The number of hydrogen-bond donors (Lipinski definition) is 0. The van der Waals surface area contributed by atoms with Crippen LogP contribution in [0.5, 0.6) is 0 Å². The molecule has 0 saturated heterocycles. The average Bonchev–Trinajstić information content (AvgIpc) is 3.31. The highest BCUT2D eigenvalue weighted by molar-refractivity contribution is 7.02. The summed E-state index contributed by atoms with van der Waals surface area (Å²) in [7, 11) is 0. The van der Waals surface area contributed by atoms with Crippen LogP contribution in [-0.2, 0) is 0 Å². The van der Waals surface area contributed by atoms with Crippen LogP contribution in [0.25, 0.3) is 54.6 Å². The largest absolute Gasteiger partial charge is 0.312 e. The molecule has 0 atom stereocenters. The van der Waals surface area contributed by atoms with Gasteiger partial charge in [-0.15, -0.1) is 0 Å². The SMILES string of the molecule is CC(C)c1cc2c3c(cc4c(C(C)C)cc5c6c(cc1c3c46)-c1cccc3c1B5c1ccccc1N3c1ccccc1)-c1cccc3c1B2c1ccccc1N3c1ccccc1. The highest BCUT2D eigenvalue weighted by atomic mass is 15.2. The lowest BCUT2D eigenvalue weighted by molar-refractivity contribution is 0.877. The van der Waals surface area contributed by atoms with Crippen LogP contribution < -0.4 is 42.6 Å². The number of hydrogen-bond acceptors (Lipinski definition) is 2. The van der Waals surface area contributed by atoms with Gasteiger partial charge in [0.25, 0.3) is 0 Å². The number of anilines is 6. The zero-order chi connectivity index (χ0) is 41.1. The minimum Gasteiger partial charge on any atom is -0.312 e. The highest BCUT2D eigenvalue weighted by Gasteiger charge is 2.45. The van der Waals surface area contributed by atoms with Crippen LogP contribution in [0.4, 0.5) is 34.1 Å². The summed E-state index contributed by atoms with van der Waals surface area (Å²) in [6.45, 7) is 9.83. The second-order valence-corrected chi connectivity index (χ2v) is 18.7. The molecule has 0 bridgehead atoms. The van der Waals surface area contributed by atoms with Crippen molar-refractivity contribution in [3.05, 3.63) is 181 Å². The second kappa shape index (κ2) is 12.3. The predicted octanol–water partition coefficient (Wildman–Crippen LogP) is 11.4. The van der Waals surface area contributed by atoms with Gasteiger partial charge in [0.1, 0.15) is 0 Å². The molecule has 4 aliphatic rings. The van der Waals surface area contributed by atoms with E-state index in [4.69, 9.17) is 0 Å². The molecule has 10 aromatic rings. The van der Waals surface area contributed by atoms with E-state index in [2.05, 4.69) is 207 Å². The Morgan fingerprint density at radius 3 is 1.15 bits per heavy atom. The highest BCUT2D eigenvalue weighted by Crippen LogP contribution is 2.51. The van der Waals surface area contributed by atoms with E-state index in [1.807, 2.05) is 0 Å². The van der Waals surface area contributed by atoms with Crippen LogP contribution in [0.3, 0.4) is 0 Å². The van der Waals surface area contributed by atoms with E-state index in [0.29, 0.717) is 11.8 Å². The zero-order valence-electron chi connectivity index (χ0n) is 35.4. The number of fused-ring (bicyclic) bond motifs is 8. The summed E-state index contributed by atoms with van der Waals surface area (Å²) < 4.78 is 0. The van der Waals surface area contributed by atoms with Crippen molar-refractivity contribution in [3.63, 3.8) is 0 Å². The van der Waals surface area contributed by atoms with Gasteiger partial charge in [0, 0.05) is 34.1 Å². The summed E-state index contributed by atoms with van der Waals surface area (Å²) in [5, 5.41) is 8.59. The Labute approximate surface area is 363 Å². The first-order valence-corrected chi connectivity index (χ1v) is 22.5. The molecule has 0 spiro atoms. The van der Waals surface area contributed by atoms with Crippen LogP contribution in [0, 0.1) is 0 Å². The molecule has 2 nitrogen and oxygen atoms in total. The van der Waals surface area contributed by atoms with Crippen molar-refractivity contribution in [2.24, 2.45) is 0 Å². The van der Waals surface area contributed by atoms with Crippen molar-refractivity contribution in [2.45, 2.75) is 39.5 Å². The molecule has 0 unspecified atom stereocenters. The molecule has 0 aliphatic carbocycles. The predicted molar refractivity (Wildman–Crippen MR) is 268 cm³/mol.